The predicted octanol–water partition coefficient (Wildman–Crippen LogP) is 2.53. The highest BCUT2D eigenvalue weighted by molar-refractivity contribution is 5.83. The average molecular weight is 199 g/mol. The molecule has 1 aromatic heterocycles. The third kappa shape index (κ3) is 1.65. The quantitative estimate of drug-likeness (QED) is 0.742. The molecule has 0 radical (unpaired) electrons. The summed E-state index contributed by atoms with van der Waals surface area (Å²) in [6, 6.07) is 8.58. The van der Waals surface area contributed by atoms with E-state index in [9.17, 15) is 0 Å². The van der Waals surface area contributed by atoms with Crippen LogP contribution in [0.15, 0.2) is 29.3 Å². The minimum atomic E-state index is 0.540. The molecule has 3 nitrogen and oxygen atoms in total. The fourth-order valence-corrected chi connectivity index (χ4v) is 1.75. The van der Waals surface area contributed by atoms with E-state index in [2.05, 4.69) is 15.0 Å². The second-order valence-electron chi connectivity index (χ2n) is 4.00. The standard InChI is InChI=1S/C12H13N3/c1-2-7-11-10(6-1)14-12(15-11)8-13-9-4-3-5-9/h1-2,6-9H,3-5H2,(H,14,15). The topological polar surface area (TPSA) is 41.0 Å². The van der Waals surface area contributed by atoms with Gasteiger partial charge in [0.25, 0.3) is 0 Å². The maximum atomic E-state index is 4.48. The Morgan fingerprint density at radius 2 is 2.20 bits per heavy atom. The zero-order valence-electron chi connectivity index (χ0n) is 8.48. The summed E-state index contributed by atoms with van der Waals surface area (Å²) in [7, 11) is 0. The second kappa shape index (κ2) is 3.50. The molecular formula is C12H13N3. The molecule has 2 aromatic rings. The van der Waals surface area contributed by atoms with Crippen LogP contribution in [0.1, 0.15) is 25.1 Å². The Morgan fingerprint density at radius 3 is 2.93 bits per heavy atom. The van der Waals surface area contributed by atoms with Gasteiger partial charge in [-0.2, -0.15) is 0 Å². The van der Waals surface area contributed by atoms with Crippen molar-refractivity contribution in [1.82, 2.24) is 9.97 Å². The summed E-state index contributed by atoms with van der Waals surface area (Å²) in [5, 5.41) is 0. The molecule has 3 rings (SSSR count). The van der Waals surface area contributed by atoms with E-state index >= 15 is 0 Å². The summed E-state index contributed by atoms with van der Waals surface area (Å²) >= 11 is 0. The Bertz CT molecular complexity index is 461. The van der Waals surface area contributed by atoms with Crippen molar-refractivity contribution in [2.75, 3.05) is 0 Å². The van der Waals surface area contributed by atoms with E-state index < -0.39 is 0 Å². The number of nitrogens with zero attached hydrogens (tertiary/aromatic N) is 2. The van der Waals surface area contributed by atoms with Crippen LogP contribution in [-0.2, 0) is 0 Å². The predicted molar refractivity (Wildman–Crippen MR) is 61.3 cm³/mol. The molecule has 0 amide bonds. The second-order valence-corrected chi connectivity index (χ2v) is 4.00. The number of fused-ring (bicyclic) bond motifs is 1. The SMILES string of the molecule is C(=NC1CCC1)c1nc2ccccc2[nH]1. The number of imidazole rings is 1. The van der Waals surface area contributed by atoms with E-state index in [4.69, 9.17) is 0 Å². The van der Waals surface area contributed by atoms with Gasteiger partial charge in [0.2, 0.25) is 0 Å². The van der Waals surface area contributed by atoms with Gasteiger partial charge in [0.1, 0.15) is 5.82 Å². The van der Waals surface area contributed by atoms with E-state index in [0.717, 1.165) is 16.9 Å². The zero-order valence-corrected chi connectivity index (χ0v) is 8.48. The largest absolute Gasteiger partial charge is 0.337 e. The molecule has 76 valence electrons. The molecule has 0 bridgehead atoms. The minimum absolute atomic E-state index is 0.540. The third-order valence-corrected chi connectivity index (χ3v) is 2.89. The summed E-state index contributed by atoms with van der Waals surface area (Å²) in [5.41, 5.74) is 2.08. The van der Waals surface area contributed by atoms with E-state index in [1.807, 2.05) is 30.5 Å². The zero-order chi connectivity index (χ0) is 10.1. The molecule has 1 aliphatic carbocycles. The first-order chi connectivity index (χ1) is 7.42. The van der Waals surface area contributed by atoms with Crippen molar-refractivity contribution in [3.63, 3.8) is 0 Å². The number of rotatable bonds is 2. The van der Waals surface area contributed by atoms with Crippen molar-refractivity contribution in [3.05, 3.63) is 30.1 Å². The number of aliphatic imine (C=N–C) groups is 1. The van der Waals surface area contributed by atoms with Crippen molar-refractivity contribution in [2.24, 2.45) is 4.99 Å². The summed E-state index contributed by atoms with van der Waals surface area (Å²) in [6.45, 7) is 0. The number of benzene rings is 1. The lowest BCUT2D eigenvalue weighted by Crippen LogP contribution is -2.14. The summed E-state index contributed by atoms with van der Waals surface area (Å²) in [6.07, 6.45) is 5.65. The van der Waals surface area contributed by atoms with Gasteiger partial charge in [-0.1, -0.05) is 12.1 Å². The highest BCUT2D eigenvalue weighted by Gasteiger charge is 2.14. The van der Waals surface area contributed by atoms with Crippen LogP contribution >= 0.6 is 0 Å². The van der Waals surface area contributed by atoms with Crippen LogP contribution in [0.4, 0.5) is 0 Å². The van der Waals surface area contributed by atoms with Gasteiger partial charge in [-0.25, -0.2) is 4.98 Å². The normalized spacial score (nSPS) is 17.3. The van der Waals surface area contributed by atoms with Crippen LogP contribution < -0.4 is 0 Å². The van der Waals surface area contributed by atoms with Crippen LogP contribution in [0.25, 0.3) is 11.0 Å². The summed E-state index contributed by atoms with van der Waals surface area (Å²) < 4.78 is 0. The van der Waals surface area contributed by atoms with Gasteiger partial charge in [-0.15, -0.1) is 0 Å². The first-order valence-electron chi connectivity index (χ1n) is 5.40. The van der Waals surface area contributed by atoms with E-state index in [-0.39, 0.29) is 0 Å². The van der Waals surface area contributed by atoms with Gasteiger partial charge in [0.05, 0.1) is 23.3 Å². The summed E-state index contributed by atoms with van der Waals surface area (Å²) in [5.74, 6) is 0.864. The highest BCUT2D eigenvalue weighted by Crippen LogP contribution is 2.21. The Morgan fingerprint density at radius 1 is 1.33 bits per heavy atom. The van der Waals surface area contributed by atoms with Crippen LogP contribution in [-0.4, -0.2) is 22.2 Å². The lowest BCUT2D eigenvalue weighted by atomic mass is 9.94. The van der Waals surface area contributed by atoms with E-state index in [1.165, 1.54) is 19.3 Å². The first-order valence-corrected chi connectivity index (χ1v) is 5.40. The van der Waals surface area contributed by atoms with Crippen LogP contribution in [0.2, 0.25) is 0 Å². The molecule has 0 saturated heterocycles. The maximum absolute atomic E-state index is 4.48. The van der Waals surface area contributed by atoms with Gasteiger partial charge >= 0.3 is 0 Å². The van der Waals surface area contributed by atoms with Crippen molar-refractivity contribution in [3.8, 4) is 0 Å². The van der Waals surface area contributed by atoms with Crippen LogP contribution in [0.3, 0.4) is 0 Å². The molecular weight excluding hydrogens is 186 g/mol. The van der Waals surface area contributed by atoms with Gasteiger partial charge in [0.15, 0.2) is 0 Å². The Labute approximate surface area is 88.3 Å². The number of aromatic nitrogens is 2. The number of para-hydroxylation sites is 2. The van der Waals surface area contributed by atoms with Crippen LogP contribution in [0.5, 0.6) is 0 Å². The minimum Gasteiger partial charge on any atom is -0.337 e. The number of hydrogen-bond acceptors (Lipinski definition) is 2. The molecule has 1 heterocycles. The molecule has 0 spiro atoms. The molecule has 15 heavy (non-hydrogen) atoms. The number of hydrogen-bond donors (Lipinski definition) is 1. The Hall–Kier alpha value is -1.64. The van der Waals surface area contributed by atoms with Gasteiger partial charge in [-0.05, 0) is 31.4 Å². The van der Waals surface area contributed by atoms with Crippen LogP contribution in [0, 0.1) is 0 Å². The third-order valence-electron chi connectivity index (χ3n) is 2.89. The van der Waals surface area contributed by atoms with Crippen molar-refractivity contribution in [1.29, 1.82) is 0 Å². The highest BCUT2D eigenvalue weighted by atomic mass is 14.9. The molecule has 1 fully saturated rings. The van der Waals surface area contributed by atoms with Gasteiger partial charge < -0.3 is 4.98 Å². The fraction of sp³-hybridized carbons (Fsp3) is 0.333. The smallest absolute Gasteiger partial charge is 0.149 e. The van der Waals surface area contributed by atoms with Gasteiger partial charge in [-0.3, -0.25) is 4.99 Å². The van der Waals surface area contributed by atoms with E-state index in [0.29, 0.717) is 6.04 Å². The fourth-order valence-electron chi connectivity index (χ4n) is 1.75. The Kier molecular flexibility index (Phi) is 2.02. The van der Waals surface area contributed by atoms with Crippen molar-refractivity contribution >= 4 is 17.2 Å². The first kappa shape index (κ1) is 8.65. The molecule has 3 heteroatoms. The maximum Gasteiger partial charge on any atom is 0.149 e. The van der Waals surface area contributed by atoms with Crippen molar-refractivity contribution in [2.45, 2.75) is 25.3 Å². The molecule has 0 aliphatic heterocycles. The molecule has 1 saturated carbocycles. The van der Waals surface area contributed by atoms with Crippen molar-refractivity contribution < 1.29 is 0 Å². The van der Waals surface area contributed by atoms with E-state index in [1.54, 1.807) is 0 Å². The number of H-pyrrole nitrogens is 1. The number of aromatic amines is 1. The molecule has 0 unspecified atom stereocenters. The molecule has 0 atom stereocenters. The lowest BCUT2D eigenvalue weighted by Gasteiger charge is -2.19. The Balaban J connectivity index is 1.87. The molecule has 1 N–H and O–H groups in total. The summed E-state index contributed by atoms with van der Waals surface area (Å²) in [4.78, 5) is 12.2. The average Bonchev–Trinajstić information content (AvgIpc) is 2.57. The lowest BCUT2D eigenvalue weighted by molar-refractivity contribution is 0.421. The molecule has 1 aliphatic rings. The molecule has 1 aromatic carbocycles. The van der Waals surface area contributed by atoms with Gasteiger partial charge in [0, 0.05) is 0 Å². The number of nitrogens with one attached hydrogen (secondary N) is 1. The monoisotopic (exact) mass is 199 g/mol.